The number of anilines is 2. The van der Waals surface area contributed by atoms with Gasteiger partial charge in [0.2, 0.25) is 11.8 Å². The molecule has 1 unspecified atom stereocenters. The van der Waals surface area contributed by atoms with Gasteiger partial charge in [0.15, 0.2) is 0 Å². The number of carbonyl (C=O) groups is 3. The quantitative estimate of drug-likeness (QED) is 0.502. The van der Waals surface area contributed by atoms with Crippen molar-refractivity contribution >= 4 is 51.4 Å². The van der Waals surface area contributed by atoms with E-state index in [1.54, 1.807) is 36.1 Å². The van der Waals surface area contributed by atoms with Gasteiger partial charge in [-0.2, -0.15) is 0 Å². The second-order valence-corrected chi connectivity index (χ2v) is 8.63. The zero-order chi connectivity index (χ0) is 22.7. The molecule has 0 spiro atoms. The molecular formula is C24H21ClN2O4S. The lowest BCUT2D eigenvalue weighted by atomic mass is 10.0. The number of nitrogens with zero attached hydrogens (tertiary/aromatic N) is 1. The summed E-state index contributed by atoms with van der Waals surface area (Å²) in [5.41, 5.74) is 2.59. The first kappa shape index (κ1) is 22.0. The lowest BCUT2D eigenvalue weighted by Gasteiger charge is -2.17. The number of thiophene rings is 1. The van der Waals surface area contributed by atoms with Crippen LogP contribution >= 0.6 is 22.9 Å². The van der Waals surface area contributed by atoms with Gasteiger partial charge in [-0.3, -0.25) is 9.59 Å². The van der Waals surface area contributed by atoms with Crippen molar-refractivity contribution in [2.24, 2.45) is 5.92 Å². The van der Waals surface area contributed by atoms with Crippen molar-refractivity contribution in [2.45, 2.75) is 13.3 Å². The molecule has 4 rings (SSSR count). The van der Waals surface area contributed by atoms with Crippen molar-refractivity contribution in [3.8, 4) is 11.1 Å². The fraction of sp³-hybridized carbons (Fsp3) is 0.208. The summed E-state index contributed by atoms with van der Waals surface area (Å²) in [6.45, 7) is 2.22. The maximum atomic E-state index is 13.0. The highest BCUT2D eigenvalue weighted by Gasteiger charge is 2.36. The van der Waals surface area contributed by atoms with Crippen LogP contribution in [0.5, 0.6) is 0 Å². The van der Waals surface area contributed by atoms with E-state index in [0.29, 0.717) is 26.8 Å². The normalized spacial score (nSPS) is 15.6. The Kier molecular flexibility index (Phi) is 6.58. The van der Waals surface area contributed by atoms with Gasteiger partial charge in [0, 0.05) is 34.6 Å². The first-order valence-electron chi connectivity index (χ1n) is 10.2. The highest BCUT2D eigenvalue weighted by molar-refractivity contribution is 7.15. The van der Waals surface area contributed by atoms with Gasteiger partial charge in [0.1, 0.15) is 10.6 Å². The molecule has 0 aliphatic carbocycles. The maximum Gasteiger partial charge on any atom is 0.341 e. The molecule has 1 saturated heterocycles. The zero-order valence-electron chi connectivity index (χ0n) is 17.3. The molecule has 2 amide bonds. The van der Waals surface area contributed by atoms with E-state index in [2.05, 4.69) is 5.32 Å². The van der Waals surface area contributed by atoms with Gasteiger partial charge in [0.05, 0.1) is 12.5 Å². The zero-order valence-corrected chi connectivity index (χ0v) is 18.9. The van der Waals surface area contributed by atoms with Crippen LogP contribution in [0.15, 0.2) is 60.0 Å². The molecule has 3 aromatic rings. The van der Waals surface area contributed by atoms with Crippen LogP contribution in [0.2, 0.25) is 5.02 Å². The number of nitrogens with one attached hydrogen (secondary N) is 1. The number of carbonyl (C=O) groups excluding carboxylic acids is 3. The first-order chi connectivity index (χ1) is 15.5. The molecule has 1 fully saturated rings. The van der Waals surface area contributed by atoms with Crippen LogP contribution in [-0.4, -0.2) is 30.9 Å². The summed E-state index contributed by atoms with van der Waals surface area (Å²) in [7, 11) is 0. The minimum atomic E-state index is -0.532. The Morgan fingerprint density at radius 2 is 1.88 bits per heavy atom. The second kappa shape index (κ2) is 9.54. The molecule has 1 atom stereocenters. The van der Waals surface area contributed by atoms with Crippen LogP contribution in [0, 0.1) is 5.92 Å². The number of halogens is 1. The Morgan fingerprint density at radius 1 is 1.16 bits per heavy atom. The second-order valence-electron chi connectivity index (χ2n) is 7.31. The maximum absolute atomic E-state index is 13.0. The van der Waals surface area contributed by atoms with Gasteiger partial charge < -0.3 is 15.0 Å². The van der Waals surface area contributed by atoms with Gasteiger partial charge >= 0.3 is 5.97 Å². The van der Waals surface area contributed by atoms with Crippen molar-refractivity contribution in [3.63, 3.8) is 0 Å². The van der Waals surface area contributed by atoms with E-state index < -0.39 is 11.9 Å². The molecular weight excluding hydrogens is 448 g/mol. The predicted octanol–water partition coefficient (Wildman–Crippen LogP) is 5.24. The van der Waals surface area contributed by atoms with Crippen molar-refractivity contribution in [1.29, 1.82) is 0 Å². The van der Waals surface area contributed by atoms with E-state index in [1.807, 2.05) is 35.7 Å². The number of ether oxygens (including phenoxy) is 1. The third-order valence-electron chi connectivity index (χ3n) is 5.23. The number of rotatable bonds is 6. The topological polar surface area (TPSA) is 75.7 Å². The molecule has 1 aliphatic rings. The third kappa shape index (κ3) is 4.54. The molecule has 1 aliphatic heterocycles. The fourth-order valence-corrected chi connectivity index (χ4v) is 4.74. The Hall–Kier alpha value is -3.16. The highest BCUT2D eigenvalue weighted by atomic mass is 35.5. The molecule has 1 N–H and O–H groups in total. The molecule has 2 heterocycles. The van der Waals surface area contributed by atoms with Gasteiger partial charge in [0.25, 0.3) is 0 Å². The van der Waals surface area contributed by atoms with Crippen molar-refractivity contribution in [2.75, 3.05) is 23.4 Å². The van der Waals surface area contributed by atoms with Crippen LogP contribution in [0.1, 0.15) is 23.7 Å². The Bertz CT molecular complexity index is 1140. The summed E-state index contributed by atoms with van der Waals surface area (Å²) in [4.78, 5) is 39.8. The van der Waals surface area contributed by atoms with E-state index in [-0.39, 0.29) is 31.4 Å². The molecule has 0 bridgehead atoms. The number of hydrogen-bond donors (Lipinski definition) is 1. The first-order valence-corrected chi connectivity index (χ1v) is 11.4. The highest BCUT2D eigenvalue weighted by Crippen LogP contribution is 2.37. The van der Waals surface area contributed by atoms with Gasteiger partial charge in [-0.15, -0.1) is 11.3 Å². The van der Waals surface area contributed by atoms with E-state index in [4.69, 9.17) is 16.3 Å². The smallest absolute Gasteiger partial charge is 0.341 e. The average molecular weight is 469 g/mol. The largest absolute Gasteiger partial charge is 0.462 e. The number of hydrogen-bond acceptors (Lipinski definition) is 5. The van der Waals surface area contributed by atoms with Crippen LogP contribution in [0.4, 0.5) is 10.7 Å². The monoisotopic (exact) mass is 468 g/mol. The fourth-order valence-electron chi connectivity index (χ4n) is 3.65. The summed E-state index contributed by atoms with van der Waals surface area (Å²) >= 11 is 7.19. The van der Waals surface area contributed by atoms with Crippen LogP contribution in [0.25, 0.3) is 11.1 Å². The van der Waals surface area contributed by atoms with Crippen molar-refractivity contribution < 1.29 is 19.1 Å². The van der Waals surface area contributed by atoms with Crippen LogP contribution in [-0.2, 0) is 14.3 Å². The summed E-state index contributed by atoms with van der Waals surface area (Å²) < 4.78 is 5.24. The summed E-state index contributed by atoms with van der Waals surface area (Å²) in [5, 5.41) is 5.69. The molecule has 8 heteroatoms. The van der Waals surface area contributed by atoms with Crippen LogP contribution < -0.4 is 10.2 Å². The minimum Gasteiger partial charge on any atom is -0.462 e. The SMILES string of the molecule is CCOC(=O)c1c(-c2ccccc2)csc1NC(=O)C1CC(=O)N(c2ccc(Cl)cc2)C1. The average Bonchev–Trinajstić information content (AvgIpc) is 3.39. The lowest BCUT2D eigenvalue weighted by Crippen LogP contribution is -2.28. The lowest BCUT2D eigenvalue weighted by molar-refractivity contribution is -0.122. The summed E-state index contributed by atoms with van der Waals surface area (Å²) in [5.74, 6) is -1.46. The van der Waals surface area contributed by atoms with Gasteiger partial charge in [-0.05, 0) is 36.8 Å². The predicted molar refractivity (Wildman–Crippen MR) is 126 cm³/mol. The molecule has 0 saturated carbocycles. The molecule has 32 heavy (non-hydrogen) atoms. The Labute approximate surface area is 194 Å². The van der Waals surface area contributed by atoms with Gasteiger partial charge in [-0.1, -0.05) is 41.9 Å². The van der Waals surface area contributed by atoms with Crippen molar-refractivity contribution in [1.82, 2.24) is 0 Å². The van der Waals surface area contributed by atoms with E-state index in [9.17, 15) is 14.4 Å². The molecule has 0 radical (unpaired) electrons. The standard InChI is InChI=1S/C24H21ClN2O4S/c1-2-31-24(30)21-19(15-6-4-3-5-7-15)14-32-23(21)26-22(29)16-12-20(28)27(13-16)18-10-8-17(25)9-11-18/h3-11,14,16H,2,12-13H2,1H3,(H,26,29). The van der Waals surface area contributed by atoms with Crippen molar-refractivity contribution in [3.05, 3.63) is 70.6 Å². The molecule has 1 aromatic heterocycles. The Balaban J connectivity index is 1.55. The van der Waals surface area contributed by atoms with Gasteiger partial charge in [-0.25, -0.2) is 4.79 Å². The number of amides is 2. The Morgan fingerprint density at radius 3 is 2.56 bits per heavy atom. The molecule has 2 aromatic carbocycles. The number of esters is 1. The third-order valence-corrected chi connectivity index (χ3v) is 6.37. The summed E-state index contributed by atoms with van der Waals surface area (Å²) in [6, 6.07) is 16.4. The number of benzene rings is 2. The molecule has 6 nitrogen and oxygen atoms in total. The summed E-state index contributed by atoms with van der Waals surface area (Å²) in [6.07, 6.45) is 0.0973. The minimum absolute atomic E-state index is 0.0973. The van der Waals surface area contributed by atoms with E-state index >= 15 is 0 Å². The van der Waals surface area contributed by atoms with Crippen LogP contribution in [0.3, 0.4) is 0 Å². The molecule has 164 valence electrons. The van der Waals surface area contributed by atoms with E-state index in [0.717, 1.165) is 5.56 Å². The van der Waals surface area contributed by atoms with E-state index in [1.165, 1.54) is 11.3 Å².